The van der Waals surface area contributed by atoms with E-state index < -0.39 is 11.7 Å². The number of hydrogen-bond acceptors (Lipinski definition) is 3. The van der Waals surface area contributed by atoms with Gasteiger partial charge in [-0.3, -0.25) is 4.79 Å². The van der Waals surface area contributed by atoms with Gasteiger partial charge in [0.05, 0.1) is 6.42 Å². The highest BCUT2D eigenvalue weighted by molar-refractivity contribution is 6.29. The Morgan fingerprint density at radius 2 is 2.16 bits per heavy atom. The highest BCUT2D eigenvalue weighted by atomic mass is 35.5. The second kappa shape index (κ2) is 5.67. The highest BCUT2D eigenvalue weighted by Crippen LogP contribution is 2.25. The van der Waals surface area contributed by atoms with Crippen LogP contribution in [0.25, 0.3) is 0 Å². The smallest absolute Gasteiger partial charge is 0.229 e. The summed E-state index contributed by atoms with van der Waals surface area (Å²) in [7, 11) is 0. The molecule has 1 aromatic carbocycles. The molecule has 0 saturated carbocycles. The van der Waals surface area contributed by atoms with E-state index in [-0.39, 0.29) is 17.9 Å². The van der Waals surface area contributed by atoms with Crippen LogP contribution >= 0.6 is 11.6 Å². The maximum absolute atomic E-state index is 13.4. The average Bonchev–Trinajstić information content (AvgIpc) is 2.37. The molecule has 0 aliphatic rings. The van der Waals surface area contributed by atoms with Crippen LogP contribution in [0.2, 0.25) is 5.15 Å². The summed E-state index contributed by atoms with van der Waals surface area (Å²) in [5.41, 5.74) is 0.409. The Bertz CT molecular complexity index is 582. The minimum atomic E-state index is -0.692. The van der Waals surface area contributed by atoms with Gasteiger partial charge in [-0.15, -0.1) is 0 Å². The standard InChI is InChI=1S/C13H10ClFN2O2/c14-11-5-4-8(7-16-11)6-12(19)17-13-9(15)2-1-3-10(13)18/h1-5,7,18H,6H2,(H,17,19). The summed E-state index contributed by atoms with van der Waals surface area (Å²) < 4.78 is 13.4. The zero-order valence-electron chi connectivity index (χ0n) is 9.73. The Balaban J connectivity index is 2.07. The van der Waals surface area contributed by atoms with E-state index in [0.717, 1.165) is 6.07 Å². The van der Waals surface area contributed by atoms with Crippen LogP contribution in [0.1, 0.15) is 5.56 Å². The number of carbonyl (C=O) groups is 1. The molecular weight excluding hydrogens is 271 g/mol. The Labute approximate surface area is 113 Å². The molecule has 98 valence electrons. The van der Waals surface area contributed by atoms with Crippen molar-refractivity contribution >= 4 is 23.2 Å². The van der Waals surface area contributed by atoms with Crippen molar-refractivity contribution in [1.82, 2.24) is 4.98 Å². The third-order valence-corrected chi connectivity index (χ3v) is 2.63. The minimum Gasteiger partial charge on any atom is -0.506 e. The van der Waals surface area contributed by atoms with E-state index in [0.29, 0.717) is 10.7 Å². The molecule has 0 saturated heterocycles. The summed E-state index contributed by atoms with van der Waals surface area (Å²) in [6, 6.07) is 7.01. The molecule has 0 fully saturated rings. The number of amides is 1. The molecule has 0 atom stereocenters. The van der Waals surface area contributed by atoms with E-state index >= 15 is 0 Å². The largest absolute Gasteiger partial charge is 0.506 e. The van der Waals surface area contributed by atoms with Gasteiger partial charge in [-0.2, -0.15) is 0 Å². The van der Waals surface area contributed by atoms with Gasteiger partial charge in [0.15, 0.2) is 5.82 Å². The van der Waals surface area contributed by atoms with Gasteiger partial charge in [0.1, 0.15) is 16.6 Å². The molecule has 1 heterocycles. The van der Waals surface area contributed by atoms with Crippen LogP contribution in [0.4, 0.5) is 10.1 Å². The van der Waals surface area contributed by atoms with Crippen molar-refractivity contribution < 1.29 is 14.3 Å². The van der Waals surface area contributed by atoms with E-state index in [9.17, 15) is 14.3 Å². The number of phenolic OH excluding ortho intramolecular Hbond substituents is 1. The van der Waals surface area contributed by atoms with Crippen LogP contribution in [0.3, 0.4) is 0 Å². The van der Waals surface area contributed by atoms with Gasteiger partial charge in [0.2, 0.25) is 5.91 Å². The lowest BCUT2D eigenvalue weighted by Crippen LogP contribution is -2.15. The summed E-state index contributed by atoms with van der Waals surface area (Å²) in [6.45, 7) is 0. The fourth-order valence-corrected chi connectivity index (χ4v) is 1.63. The van der Waals surface area contributed by atoms with Crippen LogP contribution in [0.15, 0.2) is 36.5 Å². The molecule has 0 aliphatic carbocycles. The van der Waals surface area contributed by atoms with E-state index in [1.54, 1.807) is 12.1 Å². The molecule has 2 N–H and O–H groups in total. The van der Waals surface area contributed by atoms with Gasteiger partial charge in [0, 0.05) is 6.20 Å². The number of halogens is 2. The van der Waals surface area contributed by atoms with Crippen LogP contribution in [-0.2, 0) is 11.2 Å². The predicted octanol–water partition coefficient (Wildman–Crippen LogP) is 2.76. The monoisotopic (exact) mass is 280 g/mol. The molecule has 0 radical (unpaired) electrons. The Hall–Kier alpha value is -2.14. The molecule has 0 bridgehead atoms. The van der Waals surface area contributed by atoms with Gasteiger partial charge in [0.25, 0.3) is 0 Å². The number of aromatic nitrogens is 1. The number of nitrogens with zero attached hydrogens (tertiary/aromatic N) is 1. The van der Waals surface area contributed by atoms with E-state index in [2.05, 4.69) is 10.3 Å². The van der Waals surface area contributed by atoms with Crippen molar-refractivity contribution in [2.75, 3.05) is 5.32 Å². The van der Waals surface area contributed by atoms with Crippen molar-refractivity contribution in [1.29, 1.82) is 0 Å². The number of phenols is 1. The summed E-state index contributed by atoms with van der Waals surface area (Å²) in [5, 5.41) is 12.1. The lowest BCUT2D eigenvalue weighted by atomic mass is 10.2. The Morgan fingerprint density at radius 3 is 2.79 bits per heavy atom. The first-order valence-electron chi connectivity index (χ1n) is 5.44. The first-order valence-corrected chi connectivity index (χ1v) is 5.82. The Kier molecular flexibility index (Phi) is 3.97. The molecule has 0 aliphatic heterocycles. The summed E-state index contributed by atoms with van der Waals surface area (Å²) >= 11 is 5.63. The van der Waals surface area contributed by atoms with E-state index in [4.69, 9.17) is 11.6 Å². The molecule has 6 heteroatoms. The van der Waals surface area contributed by atoms with Gasteiger partial charge < -0.3 is 10.4 Å². The zero-order valence-corrected chi connectivity index (χ0v) is 10.5. The quantitative estimate of drug-likeness (QED) is 0.671. The SMILES string of the molecule is O=C(Cc1ccc(Cl)nc1)Nc1c(O)cccc1F. The maximum Gasteiger partial charge on any atom is 0.229 e. The van der Waals surface area contributed by atoms with Gasteiger partial charge in [-0.1, -0.05) is 23.7 Å². The fourth-order valence-electron chi connectivity index (χ4n) is 1.52. The van der Waals surface area contributed by atoms with Crippen molar-refractivity contribution in [2.24, 2.45) is 0 Å². The molecule has 2 aromatic rings. The molecule has 0 spiro atoms. The highest BCUT2D eigenvalue weighted by Gasteiger charge is 2.11. The second-order valence-corrected chi connectivity index (χ2v) is 4.24. The molecule has 1 aromatic heterocycles. The minimum absolute atomic E-state index is 0.0118. The first kappa shape index (κ1) is 13.3. The third-order valence-electron chi connectivity index (χ3n) is 2.41. The second-order valence-electron chi connectivity index (χ2n) is 3.85. The number of hydrogen-bond donors (Lipinski definition) is 2. The number of pyridine rings is 1. The van der Waals surface area contributed by atoms with E-state index in [1.807, 2.05) is 0 Å². The summed E-state index contributed by atoms with van der Waals surface area (Å²) in [5.74, 6) is -1.46. The molecule has 2 rings (SSSR count). The number of rotatable bonds is 3. The normalized spacial score (nSPS) is 10.2. The van der Waals surface area contributed by atoms with E-state index in [1.165, 1.54) is 18.3 Å². The topological polar surface area (TPSA) is 62.2 Å². The lowest BCUT2D eigenvalue weighted by Gasteiger charge is -2.08. The van der Waals surface area contributed by atoms with Crippen LogP contribution in [-0.4, -0.2) is 16.0 Å². The number of benzene rings is 1. The molecular formula is C13H10ClFN2O2. The number of nitrogens with one attached hydrogen (secondary N) is 1. The van der Waals surface area contributed by atoms with Gasteiger partial charge in [-0.25, -0.2) is 9.37 Å². The first-order chi connectivity index (χ1) is 9.06. The van der Waals surface area contributed by atoms with Crippen LogP contribution in [0, 0.1) is 5.82 Å². The third kappa shape index (κ3) is 3.42. The van der Waals surface area contributed by atoms with Crippen molar-refractivity contribution in [2.45, 2.75) is 6.42 Å². The summed E-state index contributed by atoms with van der Waals surface area (Å²) in [6.07, 6.45) is 1.47. The van der Waals surface area contributed by atoms with Crippen molar-refractivity contribution in [3.8, 4) is 5.75 Å². The zero-order chi connectivity index (χ0) is 13.8. The molecule has 0 unspecified atom stereocenters. The van der Waals surface area contributed by atoms with Crippen LogP contribution in [0.5, 0.6) is 5.75 Å². The van der Waals surface area contributed by atoms with Gasteiger partial charge >= 0.3 is 0 Å². The number of anilines is 1. The average molecular weight is 281 g/mol. The molecule has 4 nitrogen and oxygen atoms in total. The van der Waals surface area contributed by atoms with Crippen LogP contribution < -0.4 is 5.32 Å². The number of carbonyl (C=O) groups excluding carboxylic acids is 1. The number of para-hydroxylation sites is 1. The number of aromatic hydroxyl groups is 1. The summed E-state index contributed by atoms with van der Waals surface area (Å²) in [4.78, 5) is 15.6. The lowest BCUT2D eigenvalue weighted by molar-refractivity contribution is -0.115. The van der Waals surface area contributed by atoms with Gasteiger partial charge in [-0.05, 0) is 23.8 Å². The fraction of sp³-hybridized carbons (Fsp3) is 0.0769. The van der Waals surface area contributed by atoms with Crippen molar-refractivity contribution in [3.63, 3.8) is 0 Å². The molecule has 19 heavy (non-hydrogen) atoms. The predicted molar refractivity (Wildman–Crippen MR) is 69.6 cm³/mol. The Morgan fingerprint density at radius 1 is 1.37 bits per heavy atom. The maximum atomic E-state index is 13.4. The molecule has 1 amide bonds. The van der Waals surface area contributed by atoms with Crippen molar-refractivity contribution in [3.05, 3.63) is 53.1 Å².